The van der Waals surface area contributed by atoms with Crippen molar-refractivity contribution in [2.24, 2.45) is 5.92 Å². The van der Waals surface area contributed by atoms with Gasteiger partial charge in [-0.2, -0.15) is 0 Å². The normalized spacial score (nSPS) is 24.1. The number of aromatic nitrogens is 1. The average Bonchev–Trinajstić information content (AvgIpc) is 3.09. The van der Waals surface area contributed by atoms with Crippen molar-refractivity contribution in [2.75, 3.05) is 19.6 Å². The monoisotopic (exact) mass is 339 g/mol. The zero-order valence-electron chi connectivity index (χ0n) is 12.1. The number of piperidine rings is 1. The Morgan fingerprint density at radius 1 is 1.27 bits per heavy atom. The van der Waals surface area contributed by atoms with Crippen molar-refractivity contribution in [3.8, 4) is 0 Å². The molecule has 0 aliphatic carbocycles. The van der Waals surface area contributed by atoms with Gasteiger partial charge < -0.3 is 15.2 Å². The highest BCUT2D eigenvalue weighted by molar-refractivity contribution is 6.31. The molecule has 2 unspecified atom stereocenters. The number of nitrogens with one attached hydrogen (secondary N) is 2. The maximum atomic E-state index is 12.7. The molecule has 4 nitrogen and oxygen atoms in total. The minimum Gasteiger partial charge on any atom is -0.351 e. The number of H-pyrrole nitrogens is 1. The van der Waals surface area contributed by atoms with Gasteiger partial charge in [-0.3, -0.25) is 4.79 Å². The van der Waals surface area contributed by atoms with Gasteiger partial charge in [0, 0.05) is 35.1 Å². The fourth-order valence-electron chi connectivity index (χ4n) is 3.60. The van der Waals surface area contributed by atoms with Crippen molar-refractivity contribution < 1.29 is 4.79 Å². The van der Waals surface area contributed by atoms with Crippen LogP contribution in [0.1, 0.15) is 23.3 Å². The summed E-state index contributed by atoms with van der Waals surface area (Å²) in [4.78, 5) is 17.9. The molecule has 2 fully saturated rings. The van der Waals surface area contributed by atoms with Gasteiger partial charge in [-0.1, -0.05) is 11.6 Å². The molecule has 2 saturated heterocycles. The first kappa shape index (κ1) is 15.7. The van der Waals surface area contributed by atoms with Crippen molar-refractivity contribution in [1.29, 1.82) is 0 Å². The number of hydrogen-bond acceptors (Lipinski definition) is 2. The highest BCUT2D eigenvalue weighted by atomic mass is 35.5. The van der Waals surface area contributed by atoms with Gasteiger partial charge in [0.15, 0.2) is 0 Å². The highest BCUT2D eigenvalue weighted by Gasteiger charge is 2.36. The van der Waals surface area contributed by atoms with Crippen LogP contribution in [-0.4, -0.2) is 41.5 Å². The van der Waals surface area contributed by atoms with E-state index in [1.165, 1.54) is 12.8 Å². The summed E-state index contributed by atoms with van der Waals surface area (Å²) in [7, 11) is 0. The third-order valence-electron chi connectivity index (χ3n) is 4.70. The van der Waals surface area contributed by atoms with Crippen LogP contribution in [0.5, 0.6) is 0 Å². The lowest BCUT2D eigenvalue weighted by molar-refractivity contribution is 0.0781. The maximum Gasteiger partial charge on any atom is 0.270 e. The number of halogens is 2. The Kier molecular flexibility index (Phi) is 4.35. The first-order valence-electron chi connectivity index (χ1n) is 7.51. The average molecular weight is 340 g/mol. The second-order valence-corrected chi connectivity index (χ2v) is 6.52. The van der Waals surface area contributed by atoms with Gasteiger partial charge in [0.2, 0.25) is 0 Å². The zero-order valence-corrected chi connectivity index (χ0v) is 13.7. The van der Waals surface area contributed by atoms with Gasteiger partial charge in [-0.25, -0.2) is 0 Å². The summed E-state index contributed by atoms with van der Waals surface area (Å²) in [6.07, 6.45) is 2.44. The number of rotatable bonds is 1. The molecule has 2 N–H and O–H groups in total. The van der Waals surface area contributed by atoms with E-state index in [4.69, 9.17) is 11.6 Å². The molecule has 1 amide bonds. The Balaban J connectivity index is 0.00000144. The van der Waals surface area contributed by atoms with E-state index in [-0.39, 0.29) is 18.3 Å². The fourth-order valence-corrected chi connectivity index (χ4v) is 3.78. The highest BCUT2D eigenvalue weighted by Crippen LogP contribution is 2.27. The van der Waals surface area contributed by atoms with Crippen molar-refractivity contribution in [2.45, 2.75) is 18.9 Å². The molecule has 2 aliphatic rings. The van der Waals surface area contributed by atoms with Crippen molar-refractivity contribution in [3.05, 3.63) is 35.0 Å². The number of likely N-dealkylation sites (tertiary alicyclic amines) is 1. The van der Waals surface area contributed by atoms with Gasteiger partial charge in [-0.05, 0) is 49.6 Å². The molecular formula is C16H19Cl2N3O. The molecule has 6 heteroatoms. The molecule has 22 heavy (non-hydrogen) atoms. The molecule has 1 aromatic heterocycles. The van der Waals surface area contributed by atoms with Crippen molar-refractivity contribution in [1.82, 2.24) is 15.2 Å². The zero-order chi connectivity index (χ0) is 14.4. The molecule has 118 valence electrons. The van der Waals surface area contributed by atoms with Crippen molar-refractivity contribution in [3.63, 3.8) is 0 Å². The minimum absolute atomic E-state index is 0. The molecule has 2 aliphatic heterocycles. The number of hydrogen-bond donors (Lipinski definition) is 2. The summed E-state index contributed by atoms with van der Waals surface area (Å²) < 4.78 is 0. The molecule has 0 bridgehead atoms. The van der Waals surface area contributed by atoms with E-state index in [2.05, 4.69) is 10.3 Å². The molecule has 0 saturated carbocycles. The van der Waals surface area contributed by atoms with Gasteiger partial charge in [0.25, 0.3) is 5.91 Å². The Morgan fingerprint density at radius 3 is 2.95 bits per heavy atom. The van der Waals surface area contributed by atoms with Crippen LogP contribution < -0.4 is 5.32 Å². The van der Waals surface area contributed by atoms with Crippen molar-refractivity contribution >= 4 is 40.8 Å². The summed E-state index contributed by atoms with van der Waals surface area (Å²) in [5.41, 5.74) is 1.61. The minimum atomic E-state index is 0. The van der Waals surface area contributed by atoms with Gasteiger partial charge in [0.05, 0.1) is 0 Å². The lowest BCUT2D eigenvalue weighted by Crippen LogP contribution is -2.41. The predicted molar refractivity (Wildman–Crippen MR) is 91.0 cm³/mol. The molecule has 3 heterocycles. The third kappa shape index (κ3) is 2.71. The van der Waals surface area contributed by atoms with E-state index in [1.54, 1.807) is 0 Å². The van der Waals surface area contributed by atoms with E-state index >= 15 is 0 Å². The van der Waals surface area contributed by atoms with Gasteiger partial charge >= 0.3 is 0 Å². The van der Waals surface area contributed by atoms with Crippen LogP contribution in [0.15, 0.2) is 24.3 Å². The lowest BCUT2D eigenvalue weighted by Gasteiger charge is -2.24. The Morgan fingerprint density at radius 2 is 2.14 bits per heavy atom. The number of carbonyl (C=O) groups is 1. The summed E-state index contributed by atoms with van der Waals surface area (Å²) in [5, 5.41) is 5.21. The summed E-state index contributed by atoms with van der Waals surface area (Å²) in [5.74, 6) is 0.708. The van der Waals surface area contributed by atoms with Gasteiger partial charge in [0.1, 0.15) is 5.69 Å². The number of fused-ring (bicyclic) bond motifs is 2. The van der Waals surface area contributed by atoms with Crippen LogP contribution in [0.25, 0.3) is 10.9 Å². The summed E-state index contributed by atoms with van der Waals surface area (Å²) in [6, 6.07) is 8.01. The molecule has 1 aromatic carbocycles. The Bertz CT molecular complexity index is 686. The quantitative estimate of drug-likeness (QED) is 0.838. The molecule has 2 aromatic rings. The van der Waals surface area contributed by atoms with E-state index in [1.807, 2.05) is 29.2 Å². The summed E-state index contributed by atoms with van der Waals surface area (Å²) >= 11 is 6.00. The number of carbonyl (C=O) groups excluding carboxylic acids is 1. The lowest BCUT2D eigenvalue weighted by atomic mass is 9.94. The number of aromatic amines is 1. The van der Waals surface area contributed by atoms with Crippen LogP contribution in [-0.2, 0) is 0 Å². The smallest absolute Gasteiger partial charge is 0.270 e. The van der Waals surface area contributed by atoms with Crippen LogP contribution in [0.4, 0.5) is 0 Å². The van der Waals surface area contributed by atoms with Crippen LogP contribution in [0.2, 0.25) is 5.02 Å². The number of nitrogens with zero attached hydrogens (tertiary/aromatic N) is 1. The summed E-state index contributed by atoms with van der Waals surface area (Å²) in [6.45, 7) is 2.76. The largest absolute Gasteiger partial charge is 0.351 e. The Hall–Kier alpha value is -1.23. The topological polar surface area (TPSA) is 48.1 Å². The van der Waals surface area contributed by atoms with Crippen LogP contribution in [0.3, 0.4) is 0 Å². The number of amides is 1. The molecule has 0 spiro atoms. The first-order chi connectivity index (χ1) is 10.2. The Labute approximate surface area is 140 Å². The molecular weight excluding hydrogens is 321 g/mol. The molecule has 2 atom stereocenters. The third-order valence-corrected chi connectivity index (χ3v) is 4.93. The first-order valence-corrected chi connectivity index (χ1v) is 7.89. The molecule has 0 radical (unpaired) electrons. The van der Waals surface area contributed by atoms with Crippen LogP contribution in [0, 0.1) is 5.92 Å². The maximum absolute atomic E-state index is 12.7. The molecule has 4 rings (SSSR count). The van der Waals surface area contributed by atoms with E-state index < -0.39 is 0 Å². The van der Waals surface area contributed by atoms with E-state index in [0.29, 0.717) is 22.7 Å². The predicted octanol–water partition coefficient (Wildman–Crippen LogP) is 3.07. The standard InChI is InChI=1S/C16H18ClN3O.ClH/c17-12-3-4-13-11(6-12)7-14(19-13)16(21)20-8-10-2-1-5-18-15(10)9-20;/h3-4,6-7,10,15,18-19H,1-2,5,8-9H2;1H. The van der Waals surface area contributed by atoms with E-state index in [9.17, 15) is 4.79 Å². The fraction of sp³-hybridized carbons (Fsp3) is 0.438. The SMILES string of the molecule is Cl.O=C(c1cc2cc(Cl)ccc2[nH]1)N1CC2CCCNC2C1. The van der Waals surface area contributed by atoms with Gasteiger partial charge in [-0.15, -0.1) is 12.4 Å². The number of benzene rings is 1. The van der Waals surface area contributed by atoms with E-state index in [0.717, 1.165) is 30.5 Å². The second-order valence-electron chi connectivity index (χ2n) is 6.09. The second kappa shape index (κ2) is 6.11. The van der Waals surface area contributed by atoms with Crippen LogP contribution >= 0.6 is 24.0 Å².